The third kappa shape index (κ3) is 2.79. The van der Waals surface area contributed by atoms with Crippen molar-refractivity contribution < 1.29 is 9.53 Å². The van der Waals surface area contributed by atoms with E-state index in [4.69, 9.17) is 10.3 Å². The molecule has 1 atom stereocenters. The van der Waals surface area contributed by atoms with Gasteiger partial charge in [-0.15, -0.1) is 0 Å². The van der Waals surface area contributed by atoms with Crippen LogP contribution >= 0.6 is 0 Å². The summed E-state index contributed by atoms with van der Waals surface area (Å²) in [6.45, 7) is 2.57. The number of rotatable bonds is 3. The van der Waals surface area contributed by atoms with Crippen molar-refractivity contribution >= 4 is 11.8 Å². The highest BCUT2D eigenvalue weighted by molar-refractivity contribution is 5.89. The molecule has 0 unspecified atom stereocenters. The number of hydrogen-bond donors (Lipinski definition) is 0. The molecule has 3 rings (SSSR count). The highest BCUT2D eigenvalue weighted by atomic mass is 16.6. The maximum absolute atomic E-state index is 11.9. The fourth-order valence-corrected chi connectivity index (χ4v) is 2.80. The van der Waals surface area contributed by atoms with Crippen LogP contribution in [0.1, 0.15) is 11.1 Å². The Bertz CT molecular complexity index is 611. The van der Waals surface area contributed by atoms with Gasteiger partial charge < -0.3 is 9.64 Å². The van der Waals surface area contributed by atoms with Gasteiger partial charge in [0.1, 0.15) is 6.10 Å². The van der Waals surface area contributed by atoms with E-state index in [0.717, 1.165) is 25.2 Å². The summed E-state index contributed by atoms with van der Waals surface area (Å²) >= 11 is 0. The maximum atomic E-state index is 11.9. The van der Waals surface area contributed by atoms with E-state index in [0.29, 0.717) is 6.54 Å². The quantitative estimate of drug-likeness (QED) is 0.486. The molecule has 0 aromatic heterocycles. The summed E-state index contributed by atoms with van der Waals surface area (Å²) in [4.78, 5) is 18.5. The molecule has 2 aliphatic heterocycles. The van der Waals surface area contributed by atoms with Crippen molar-refractivity contribution in [3.8, 4) is 0 Å². The number of nitrogens with zero attached hydrogens (tertiary/aromatic N) is 5. The highest BCUT2D eigenvalue weighted by Crippen LogP contribution is 2.27. The lowest BCUT2D eigenvalue weighted by Gasteiger charge is -2.26. The monoisotopic (exact) mass is 287 g/mol. The zero-order chi connectivity index (χ0) is 14.8. The van der Waals surface area contributed by atoms with Gasteiger partial charge in [-0.05, 0) is 42.3 Å². The Morgan fingerprint density at radius 2 is 2.33 bits per heavy atom. The van der Waals surface area contributed by atoms with Gasteiger partial charge in [0.25, 0.3) is 0 Å². The first-order chi connectivity index (χ1) is 10.2. The molecule has 0 saturated carbocycles. The molecule has 7 nitrogen and oxygen atoms in total. The van der Waals surface area contributed by atoms with E-state index < -0.39 is 0 Å². The number of ether oxygens (including phenoxy) is 1. The van der Waals surface area contributed by atoms with Gasteiger partial charge in [0.05, 0.1) is 13.1 Å². The van der Waals surface area contributed by atoms with Crippen molar-refractivity contribution in [2.75, 3.05) is 31.6 Å². The highest BCUT2D eigenvalue weighted by Gasteiger charge is 2.32. The van der Waals surface area contributed by atoms with Crippen molar-refractivity contribution in [3.05, 3.63) is 39.8 Å². The molecule has 110 valence electrons. The van der Waals surface area contributed by atoms with Gasteiger partial charge >= 0.3 is 6.09 Å². The van der Waals surface area contributed by atoms with Crippen LogP contribution in [0.4, 0.5) is 10.5 Å². The average Bonchev–Trinajstić information content (AvgIpc) is 2.85. The predicted octanol–water partition coefficient (Wildman–Crippen LogP) is 2.31. The number of azide groups is 1. The Labute approximate surface area is 122 Å². The van der Waals surface area contributed by atoms with Gasteiger partial charge in [-0.3, -0.25) is 4.90 Å². The normalized spacial score (nSPS) is 21.7. The molecule has 2 aliphatic rings. The molecule has 21 heavy (non-hydrogen) atoms. The number of benzene rings is 1. The summed E-state index contributed by atoms with van der Waals surface area (Å²) in [5, 5.41) is 3.47. The van der Waals surface area contributed by atoms with E-state index in [2.05, 4.69) is 34.1 Å². The Morgan fingerprint density at radius 1 is 1.48 bits per heavy atom. The smallest absolute Gasteiger partial charge is 0.414 e. The second-order valence-electron chi connectivity index (χ2n) is 5.47. The summed E-state index contributed by atoms with van der Waals surface area (Å²) in [6, 6.07) is 6.10. The van der Waals surface area contributed by atoms with E-state index >= 15 is 0 Å². The van der Waals surface area contributed by atoms with Crippen LogP contribution in [0.3, 0.4) is 0 Å². The fourth-order valence-electron chi connectivity index (χ4n) is 2.80. The van der Waals surface area contributed by atoms with Gasteiger partial charge in [0, 0.05) is 23.7 Å². The van der Waals surface area contributed by atoms with Gasteiger partial charge in [-0.1, -0.05) is 11.2 Å². The molecule has 1 fully saturated rings. The summed E-state index contributed by atoms with van der Waals surface area (Å²) in [7, 11) is 2.11. The second kappa shape index (κ2) is 5.63. The maximum Gasteiger partial charge on any atom is 0.414 e. The molecule has 1 amide bonds. The van der Waals surface area contributed by atoms with Gasteiger partial charge in [0.2, 0.25) is 0 Å². The van der Waals surface area contributed by atoms with Gasteiger partial charge in [0.15, 0.2) is 0 Å². The minimum Gasteiger partial charge on any atom is -0.444 e. The minimum absolute atomic E-state index is 0.175. The molecule has 1 saturated heterocycles. The molecule has 0 spiro atoms. The fraction of sp³-hybridized carbons (Fsp3) is 0.500. The third-order valence-corrected chi connectivity index (χ3v) is 3.93. The van der Waals surface area contributed by atoms with Crippen molar-refractivity contribution in [2.45, 2.75) is 19.1 Å². The third-order valence-electron chi connectivity index (χ3n) is 3.93. The number of carbonyl (C=O) groups is 1. The molecule has 1 aromatic carbocycles. The van der Waals surface area contributed by atoms with Crippen LogP contribution < -0.4 is 4.90 Å². The zero-order valence-corrected chi connectivity index (χ0v) is 11.9. The lowest BCUT2D eigenvalue weighted by molar-refractivity contribution is 0.145. The van der Waals surface area contributed by atoms with Crippen LogP contribution in [0, 0.1) is 0 Å². The number of anilines is 1. The number of fused-ring (bicyclic) bond motifs is 1. The van der Waals surface area contributed by atoms with Gasteiger partial charge in [-0.25, -0.2) is 4.79 Å². The Kier molecular flexibility index (Phi) is 3.68. The van der Waals surface area contributed by atoms with Crippen LogP contribution in [-0.2, 0) is 17.7 Å². The zero-order valence-electron chi connectivity index (χ0n) is 11.9. The van der Waals surface area contributed by atoms with E-state index in [1.807, 2.05) is 6.07 Å². The van der Waals surface area contributed by atoms with Crippen LogP contribution in [-0.4, -0.2) is 43.8 Å². The predicted molar refractivity (Wildman–Crippen MR) is 78.1 cm³/mol. The number of cyclic esters (lactones) is 1. The van der Waals surface area contributed by atoms with E-state index in [-0.39, 0.29) is 18.7 Å². The van der Waals surface area contributed by atoms with E-state index in [1.54, 1.807) is 4.90 Å². The molecule has 2 heterocycles. The molecule has 7 heteroatoms. The molecule has 0 N–H and O–H groups in total. The van der Waals surface area contributed by atoms with E-state index in [1.165, 1.54) is 11.1 Å². The molecule has 0 radical (unpaired) electrons. The number of amides is 1. The Hall–Kier alpha value is -2.24. The first-order valence-electron chi connectivity index (χ1n) is 6.96. The summed E-state index contributed by atoms with van der Waals surface area (Å²) < 4.78 is 5.21. The standard InChI is InChI=1S/C14H17N5O2/c1-18-5-4-10-6-12(3-2-11(10)8-18)19-9-13(7-16-17-15)21-14(19)20/h2-3,6,13H,4-5,7-9H2,1H3/t13-/m1/s1. The van der Waals surface area contributed by atoms with Crippen molar-refractivity contribution in [1.82, 2.24) is 4.90 Å². The number of hydrogen-bond acceptors (Lipinski definition) is 4. The largest absolute Gasteiger partial charge is 0.444 e. The van der Waals surface area contributed by atoms with Crippen LogP contribution in [0.2, 0.25) is 0 Å². The van der Waals surface area contributed by atoms with Crippen molar-refractivity contribution in [3.63, 3.8) is 0 Å². The molecular weight excluding hydrogens is 270 g/mol. The Balaban J connectivity index is 1.78. The lowest BCUT2D eigenvalue weighted by Crippen LogP contribution is -2.28. The molecule has 0 aliphatic carbocycles. The summed E-state index contributed by atoms with van der Waals surface area (Å²) in [5.74, 6) is 0. The van der Waals surface area contributed by atoms with Crippen LogP contribution in [0.15, 0.2) is 23.3 Å². The SMILES string of the molecule is CN1CCc2cc(N3C[C@@H](CN=[N+]=[N-])OC3=O)ccc2C1. The lowest BCUT2D eigenvalue weighted by atomic mass is 9.99. The molecule has 1 aromatic rings. The van der Waals surface area contributed by atoms with Crippen LogP contribution in [0.25, 0.3) is 10.4 Å². The minimum atomic E-state index is -0.374. The number of carbonyl (C=O) groups excluding carboxylic acids is 1. The average molecular weight is 287 g/mol. The molecular formula is C14H17N5O2. The van der Waals surface area contributed by atoms with Crippen molar-refractivity contribution in [2.24, 2.45) is 5.11 Å². The summed E-state index contributed by atoms with van der Waals surface area (Å²) in [6.07, 6.45) is 0.252. The van der Waals surface area contributed by atoms with E-state index in [9.17, 15) is 4.79 Å². The van der Waals surface area contributed by atoms with Gasteiger partial charge in [-0.2, -0.15) is 0 Å². The topological polar surface area (TPSA) is 81.5 Å². The Morgan fingerprint density at radius 3 is 3.14 bits per heavy atom. The molecule has 0 bridgehead atoms. The number of likely N-dealkylation sites (N-methyl/N-ethyl adjacent to an activating group) is 1. The second-order valence-corrected chi connectivity index (χ2v) is 5.47. The first kappa shape index (κ1) is 13.7. The van der Waals surface area contributed by atoms with Crippen LogP contribution in [0.5, 0.6) is 0 Å². The summed E-state index contributed by atoms with van der Waals surface area (Å²) in [5.41, 5.74) is 11.8. The van der Waals surface area contributed by atoms with Crippen molar-refractivity contribution in [1.29, 1.82) is 0 Å². The first-order valence-corrected chi connectivity index (χ1v) is 6.96.